The van der Waals surface area contributed by atoms with Gasteiger partial charge in [-0.2, -0.15) is 10.4 Å². The zero-order chi connectivity index (χ0) is 18.4. The van der Waals surface area contributed by atoms with Gasteiger partial charge in [-0.25, -0.2) is 4.98 Å². The van der Waals surface area contributed by atoms with Gasteiger partial charge < -0.3 is 9.47 Å². The molecule has 0 amide bonds. The van der Waals surface area contributed by atoms with Crippen LogP contribution in [0.5, 0.6) is 11.5 Å². The van der Waals surface area contributed by atoms with E-state index in [1.807, 2.05) is 53.9 Å². The molecule has 3 rings (SSSR count). The smallest absolute Gasteiger partial charge is 0.196 e. The number of anilines is 1. The molecule has 0 unspecified atom stereocenters. The maximum atomic E-state index is 9.41. The highest BCUT2D eigenvalue weighted by Gasteiger charge is 2.11. The highest BCUT2D eigenvalue weighted by molar-refractivity contribution is 7.12. The van der Waals surface area contributed by atoms with Crippen molar-refractivity contribution in [1.82, 2.24) is 4.98 Å². The Morgan fingerprint density at radius 1 is 1.12 bits per heavy atom. The van der Waals surface area contributed by atoms with Crippen LogP contribution in [0.4, 0.5) is 5.69 Å². The highest BCUT2D eigenvalue weighted by Crippen LogP contribution is 2.25. The second-order valence-electron chi connectivity index (χ2n) is 5.18. The van der Waals surface area contributed by atoms with Crippen LogP contribution in [0.25, 0.3) is 11.3 Å². The van der Waals surface area contributed by atoms with E-state index in [0.29, 0.717) is 5.01 Å². The molecule has 1 aromatic heterocycles. The third kappa shape index (κ3) is 3.99. The van der Waals surface area contributed by atoms with E-state index in [1.54, 1.807) is 14.2 Å². The Hall–Kier alpha value is -3.37. The quantitative estimate of drug-likeness (QED) is 0.525. The predicted molar refractivity (Wildman–Crippen MR) is 103 cm³/mol. The van der Waals surface area contributed by atoms with Crippen LogP contribution < -0.4 is 14.9 Å². The Morgan fingerprint density at radius 3 is 2.58 bits per heavy atom. The number of nitrogens with zero attached hydrogens (tertiary/aromatic N) is 3. The number of aromatic nitrogens is 1. The third-order valence-electron chi connectivity index (χ3n) is 3.56. The molecule has 0 fully saturated rings. The summed E-state index contributed by atoms with van der Waals surface area (Å²) in [5.74, 6) is 1.51. The molecule has 0 aliphatic carbocycles. The van der Waals surface area contributed by atoms with Crippen molar-refractivity contribution in [1.29, 1.82) is 5.26 Å². The van der Waals surface area contributed by atoms with Gasteiger partial charge in [0.2, 0.25) is 0 Å². The molecule has 2 aromatic carbocycles. The molecule has 0 spiro atoms. The van der Waals surface area contributed by atoms with Crippen LogP contribution in [-0.4, -0.2) is 24.9 Å². The van der Waals surface area contributed by atoms with Crippen molar-refractivity contribution < 1.29 is 9.47 Å². The van der Waals surface area contributed by atoms with Crippen molar-refractivity contribution in [2.45, 2.75) is 0 Å². The number of hydrogen-bond donors (Lipinski definition) is 1. The summed E-state index contributed by atoms with van der Waals surface area (Å²) in [6.07, 6.45) is 0. The Labute approximate surface area is 155 Å². The van der Waals surface area contributed by atoms with Crippen molar-refractivity contribution >= 4 is 22.7 Å². The largest absolute Gasteiger partial charge is 0.497 e. The summed E-state index contributed by atoms with van der Waals surface area (Å²) >= 11 is 1.37. The molecular weight excluding hydrogens is 348 g/mol. The lowest BCUT2D eigenvalue weighted by Crippen LogP contribution is -2.01. The number of benzene rings is 2. The fourth-order valence-corrected chi connectivity index (χ4v) is 2.97. The van der Waals surface area contributed by atoms with E-state index in [9.17, 15) is 5.26 Å². The van der Waals surface area contributed by atoms with Crippen LogP contribution in [0.3, 0.4) is 0 Å². The van der Waals surface area contributed by atoms with E-state index < -0.39 is 0 Å². The molecule has 7 heteroatoms. The summed E-state index contributed by atoms with van der Waals surface area (Å²) < 4.78 is 10.3. The molecule has 6 nitrogen and oxygen atoms in total. The van der Waals surface area contributed by atoms with E-state index in [-0.39, 0.29) is 5.71 Å². The van der Waals surface area contributed by atoms with Gasteiger partial charge in [-0.15, -0.1) is 11.3 Å². The summed E-state index contributed by atoms with van der Waals surface area (Å²) in [4.78, 5) is 4.52. The number of nitriles is 1. The minimum absolute atomic E-state index is 0.222. The number of methoxy groups -OCH3 is 2. The van der Waals surface area contributed by atoms with Gasteiger partial charge >= 0.3 is 0 Å². The zero-order valence-corrected chi connectivity index (χ0v) is 15.1. The third-order valence-corrected chi connectivity index (χ3v) is 4.41. The van der Waals surface area contributed by atoms with Crippen LogP contribution >= 0.6 is 11.3 Å². The maximum Gasteiger partial charge on any atom is 0.196 e. The summed E-state index contributed by atoms with van der Waals surface area (Å²) in [7, 11) is 3.23. The first-order chi connectivity index (χ1) is 12.7. The van der Waals surface area contributed by atoms with Crippen molar-refractivity contribution in [3.05, 3.63) is 58.9 Å². The van der Waals surface area contributed by atoms with E-state index >= 15 is 0 Å². The minimum atomic E-state index is 0.222. The van der Waals surface area contributed by atoms with Crippen molar-refractivity contribution in [3.63, 3.8) is 0 Å². The number of hydrazone groups is 1. The van der Waals surface area contributed by atoms with E-state index in [0.717, 1.165) is 28.4 Å². The highest BCUT2D eigenvalue weighted by atomic mass is 32.1. The topological polar surface area (TPSA) is 79.5 Å². The first-order valence-electron chi connectivity index (χ1n) is 7.71. The molecule has 26 heavy (non-hydrogen) atoms. The average Bonchev–Trinajstić information content (AvgIpc) is 3.19. The van der Waals surface area contributed by atoms with Gasteiger partial charge in [0, 0.05) is 10.9 Å². The lowest BCUT2D eigenvalue weighted by Gasteiger charge is -2.03. The number of thiazole rings is 1. The van der Waals surface area contributed by atoms with Crippen molar-refractivity contribution in [2.75, 3.05) is 19.6 Å². The van der Waals surface area contributed by atoms with Gasteiger partial charge in [0.15, 0.2) is 10.7 Å². The molecule has 0 aliphatic rings. The molecule has 0 atom stereocenters. The SMILES string of the molecule is COc1ccc(N/N=C(\C#N)c2nc(-c3cccc(OC)c3)cs2)cc1. The molecule has 130 valence electrons. The molecule has 0 radical (unpaired) electrons. The van der Waals surface area contributed by atoms with E-state index in [1.165, 1.54) is 11.3 Å². The van der Waals surface area contributed by atoms with Gasteiger partial charge in [0.05, 0.1) is 25.6 Å². The van der Waals surface area contributed by atoms with Crippen LogP contribution in [-0.2, 0) is 0 Å². The first kappa shape index (κ1) is 17.5. The predicted octanol–water partition coefficient (Wildman–Crippen LogP) is 4.17. The number of ether oxygens (including phenoxy) is 2. The number of nitrogens with one attached hydrogen (secondary N) is 1. The Kier molecular flexibility index (Phi) is 5.46. The average molecular weight is 364 g/mol. The van der Waals surface area contributed by atoms with Crippen molar-refractivity contribution in [3.8, 4) is 28.8 Å². The van der Waals surface area contributed by atoms with Crippen LogP contribution in [0.2, 0.25) is 0 Å². The van der Waals surface area contributed by atoms with Crippen LogP contribution in [0, 0.1) is 11.3 Å². The molecule has 1 heterocycles. The molecule has 0 aliphatic heterocycles. The molecule has 3 aromatic rings. The molecular formula is C19H16N4O2S. The summed E-state index contributed by atoms with van der Waals surface area (Å²) in [5.41, 5.74) is 5.54. The fraction of sp³-hybridized carbons (Fsp3) is 0.105. The first-order valence-corrected chi connectivity index (χ1v) is 8.59. The summed E-state index contributed by atoms with van der Waals surface area (Å²) in [6.45, 7) is 0. The standard InChI is InChI=1S/C19H16N4O2S/c1-24-15-8-6-14(7-9-15)22-23-17(11-20)19-21-18(12-26-19)13-4-3-5-16(10-13)25-2/h3-10,12,22H,1-2H3/b23-17+. The second-order valence-corrected chi connectivity index (χ2v) is 6.04. The van der Waals surface area contributed by atoms with Gasteiger partial charge in [-0.05, 0) is 36.4 Å². The van der Waals surface area contributed by atoms with Crippen LogP contribution in [0.15, 0.2) is 59.0 Å². The van der Waals surface area contributed by atoms with Gasteiger partial charge in [-0.3, -0.25) is 5.43 Å². The fourth-order valence-electron chi connectivity index (χ4n) is 2.20. The Morgan fingerprint density at radius 2 is 1.88 bits per heavy atom. The van der Waals surface area contributed by atoms with Gasteiger partial charge in [-0.1, -0.05) is 12.1 Å². The second kappa shape index (κ2) is 8.14. The summed E-state index contributed by atoms with van der Waals surface area (Å²) in [6, 6.07) is 17.0. The molecule has 1 N–H and O–H groups in total. The van der Waals surface area contributed by atoms with Crippen LogP contribution in [0.1, 0.15) is 5.01 Å². The summed E-state index contributed by atoms with van der Waals surface area (Å²) in [5, 5.41) is 16.0. The van der Waals surface area contributed by atoms with Crippen molar-refractivity contribution in [2.24, 2.45) is 5.10 Å². The normalized spacial score (nSPS) is 10.9. The lowest BCUT2D eigenvalue weighted by atomic mass is 10.2. The minimum Gasteiger partial charge on any atom is -0.497 e. The van der Waals surface area contributed by atoms with Gasteiger partial charge in [0.1, 0.15) is 17.6 Å². The molecule has 0 saturated carbocycles. The monoisotopic (exact) mass is 364 g/mol. The lowest BCUT2D eigenvalue weighted by molar-refractivity contribution is 0.415. The number of hydrogen-bond acceptors (Lipinski definition) is 7. The van der Waals surface area contributed by atoms with E-state index in [4.69, 9.17) is 9.47 Å². The Bertz CT molecular complexity index is 958. The molecule has 0 saturated heterocycles. The number of rotatable bonds is 6. The maximum absolute atomic E-state index is 9.41. The van der Waals surface area contributed by atoms with Gasteiger partial charge in [0.25, 0.3) is 0 Å². The Balaban J connectivity index is 1.80. The molecule has 0 bridgehead atoms. The van der Waals surface area contributed by atoms with E-state index in [2.05, 4.69) is 21.6 Å². The zero-order valence-electron chi connectivity index (χ0n) is 14.3.